The molecule has 0 spiro atoms. The fourth-order valence-corrected chi connectivity index (χ4v) is 4.20. The maximum Gasteiger partial charge on any atom is 0.226 e. The van der Waals surface area contributed by atoms with Gasteiger partial charge in [-0.05, 0) is 63.4 Å². The molecule has 6 nitrogen and oxygen atoms in total. The lowest BCUT2D eigenvalue weighted by Gasteiger charge is -2.23. The second-order valence-electron chi connectivity index (χ2n) is 8.38. The van der Waals surface area contributed by atoms with Gasteiger partial charge in [0.25, 0.3) is 0 Å². The topological polar surface area (TPSA) is 61.7 Å². The number of para-hydroxylation sites is 1. The van der Waals surface area contributed by atoms with Gasteiger partial charge in [0, 0.05) is 43.7 Å². The van der Waals surface area contributed by atoms with Gasteiger partial charge in [-0.2, -0.15) is 0 Å². The maximum atomic E-state index is 10.5. The molecule has 0 unspecified atom stereocenters. The first-order chi connectivity index (χ1) is 15.0. The van der Waals surface area contributed by atoms with Gasteiger partial charge in [-0.25, -0.2) is 9.97 Å². The van der Waals surface area contributed by atoms with Crippen molar-refractivity contribution in [2.24, 2.45) is 0 Å². The predicted molar refractivity (Wildman–Crippen MR) is 125 cm³/mol. The van der Waals surface area contributed by atoms with E-state index in [0.717, 1.165) is 60.7 Å². The molecule has 0 atom stereocenters. The molecule has 0 amide bonds. The van der Waals surface area contributed by atoms with Crippen LogP contribution in [0.4, 0.5) is 5.95 Å². The SMILES string of the molecule is CCOc1cccc(CN2CCCN(c3nc(C)c4cc(C)c(C)cc4n3)CC2)c1O. The number of phenolic OH excluding ortho intramolecular Hbond substituents is 1. The van der Waals surface area contributed by atoms with Gasteiger partial charge in [-0.1, -0.05) is 12.1 Å². The van der Waals surface area contributed by atoms with Crippen LogP contribution >= 0.6 is 0 Å². The average Bonchev–Trinajstić information content (AvgIpc) is 2.98. The number of benzene rings is 2. The number of anilines is 1. The molecule has 1 aromatic heterocycles. The van der Waals surface area contributed by atoms with E-state index in [1.54, 1.807) is 0 Å². The van der Waals surface area contributed by atoms with Crippen LogP contribution in [0.25, 0.3) is 10.9 Å². The molecule has 4 rings (SSSR count). The number of aromatic nitrogens is 2. The highest BCUT2D eigenvalue weighted by Gasteiger charge is 2.20. The Kier molecular flexibility index (Phi) is 6.28. The zero-order valence-corrected chi connectivity index (χ0v) is 19.0. The lowest BCUT2D eigenvalue weighted by Crippen LogP contribution is -2.31. The van der Waals surface area contributed by atoms with Gasteiger partial charge in [0.2, 0.25) is 5.95 Å². The molecule has 1 N–H and O–H groups in total. The maximum absolute atomic E-state index is 10.5. The zero-order valence-electron chi connectivity index (χ0n) is 19.0. The first-order valence-corrected chi connectivity index (χ1v) is 11.1. The Bertz CT molecular complexity index is 1080. The Morgan fingerprint density at radius 1 is 1.00 bits per heavy atom. The van der Waals surface area contributed by atoms with Crippen molar-refractivity contribution in [3.05, 3.63) is 52.7 Å². The average molecular weight is 421 g/mol. The first-order valence-electron chi connectivity index (χ1n) is 11.1. The number of fused-ring (bicyclic) bond motifs is 1. The van der Waals surface area contributed by atoms with Crippen molar-refractivity contribution in [1.29, 1.82) is 0 Å². The van der Waals surface area contributed by atoms with Crippen molar-refractivity contribution in [2.45, 2.75) is 40.7 Å². The lowest BCUT2D eigenvalue weighted by molar-refractivity contribution is 0.275. The van der Waals surface area contributed by atoms with E-state index in [4.69, 9.17) is 14.7 Å². The van der Waals surface area contributed by atoms with Crippen LogP contribution < -0.4 is 9.64 Å². The van der Waals surface area contributed by atoms with Crippen molar-refractivity contribution in [1.82, 2.24) is 14.9 Å². The van der Waals surface area contributed by atoms with Crippen LogP contribution in [0.2, 0.25) is 0 Å². The minimum Gasteiger partial charge on any atom is -0.504 e. The molecule has 2 heterocycles. The van der Waals surface area contributed by atoms with Gasteiger partial charge in [0.15, 0.2) is 11.5 Å². The number of hydrogen-bond acceptors (Lipinski definition) is 6. The summed E-state index contributed by atoms with van der Waals surface area (Å²) in [6.45, 7) is 13.2. The summed E-state index contributed by atoms with van der Waals surface area (Å²) < 4.78 is 5.53. The van der Waals surface area contributed by atoms with Crippen molar-refractivity contribution in [3.8, 4) is 11.5 Å². The summed E-state index contributed by atoms with van der Waals surface area (Å²) in [7, 11) is 0. The molecule has 3 aromatic rings. The number of hydrogen-bond donors (Lipinski definition) is 1. The second kappa shape index (κ2) is 9.10. The van der Waals surface area contributed by atoms with Crippen molar-refractivity contribution < 1.29 is 9.84 Å². The molecular formula is C25H32N4O2. The Balaban J connectivity index is 1.50. The van der Waals surface area contributed by atoms with Crippen molar-refractivity contribution >= 4 is 16.9 Å². The molecular weight excluding hydrogens is 388 g/mol. The van der Waals surface area contributed by atoms with Crippen molar-refractivity contribution in [3.63, 3.8) is 0 Å². The number of phenols is 1. The number of nitrogens with zero attached hydrogens (tertiary/aromatic N) is 4. The molecule has 0 aliphatic carbocycles. The molecule has 1 aliphatic rings. The van der Waals surface area contributed by atoms with Crippen LogP contribution in [-0.4, -0.2) is 52.8 Å². The smallest absolute Gasteiger partial charge is 0.226 e. The van der Waals surface area contributed by atoms with Gasteiger partial charge >= 0.3 is 0 Å². The molecule has 1 aliphatic heterocycles. The molecule has 0 radical (unpaired) electrons. The monoisotopic (exact) mass is 420 g/mol. The molecule has 1 saturated heterocycles. The van der Waals surface area contributed by atoms with Crippen LogP contribution in [0.5, 0.6) is 11.5 Å². The zero-order chi connectivity index (χ0) is 22.0. The van der Waals surface area contributed by atoms with Gasteiger partial charge in [0.05, 0.1) is 17.8 Å². The van der Waals surface area contributed by atoms with E-state index in [-0.39, 0.29) is 5.75 Å². The quantitative estimate of drug-likeness (QED) is 0.661. The fourth-order valence-electron chi connectivity index (χ4n) is 4.20. The van der Waals surface area contributed by atoms with Gasteiger partial charge < -0.3 is 14.7 Å². The van der Waals surface area contributed by atoms with Crippen LogP contribution in [-0.2, 0) is 6.54 Å². The van der Waals surface area contributed by atoms with E-state index < -0.39 is 0 Å². The summed E-state index contributed by atoms with van der Waals surface area (Å²) in [5.74, 6) is 1.63. The Morgan fingerprint density at radius 2 is 1.81 bits per heavy atom. The summed E-state index contributed by atoms with van der Waals surface area (Å²) in [6.07, 6.45) is 1.03. The van der Waals surface area contributed by atoms with E-state index in [1.807, 2.05) is 25.1 Å². The molecule has 31 heavy (non-hydrogen) atoms. The highest BCUT2D eigenvalue weighted by molar-refractivity contribution is 5.83. The second-order valence-corrected chi connectivity index (χ2v) is 8.38. The van der Waals surface area contributed by atoms with Gasteiger partial charge in [-0.15, -0.1) is 0 Å². The predicted octanol–water partition coefficient (Wildman–Crippen LogP) is 4.37. The van der Waals surface area contributed by atoms with Crippen LogP contribution in [0.1, 0.15) is 35.7 Å². The standard InChI is InChI=1S/C25H32N4O2/c1-5-31-23-9-6-8-20(24(23)30)16-28-10-7-11-29(13-12-28)25-26-19(4)21-14-17(2)18(3)15-22(21)27-25/h6,8-9,14-15,30H,5,7,10-13,16H2,1-4H3. The van der Waals surface area contributed by atoms with Gasteiger partial charge in [0.1, 0.15) is 0 Å². The van der Waals surface area contributed by atoms with Crippen LogP contribution in [0.15, 0.2) is 30.3 Å². The van der Waals surface area contributed by atoms with E-state index in [2.05, 4.69) is 42.7 Å². The number of aryl methyl sites for hydroxylation is 3. The molecule has 1 fully saturated rings. The largest absolute Gasteiger partial charge is 0.504 e. The summed E-state index contributed by atoms with van der Waals surface area (Å²) in [4.78, 5) is 14.4. The summed E-state index contributed by atoms with van der Waals surface area (Å²) in [6, 6.07) is 10.1. The minimum absolute atomic E-state index is 0.254. The molecule has 2 aromatic carbocycles. The van der Waals surface area contributed by atoms with Crippen LogP contribution in [0, 0.1) is 20.8 Å². The summed E-state index contributed by atoms with van der Waals surface area (Å²) >= 11 is 0. The van der Waals surface area contributed by atoms with E-state index >= 15 is 0 Å². The lowest BCUT2D eigenvalue weighted by atomic mass is 10.1. The molecule has 6 heteroatoms. The third-order valence-corrected chi connectivity index (χ3v) is 6.14. The van der Waals surface area contributed by atoms with Gasteiger partial charge in [-0.3, -0.25) is 4.90 Å². The minimum atomic E-state index is 0.254. The fraction of sp³-hybridized carbons (Fsp3) is 0.440. The van der Waals surface area contributed by atoms with Crippen LogP contribution in [0.3, 0.4) is 0 Å². The number of ether oxygens (including phenoxy) is 1. The third kappa shape index (κ3) is 4.59. The first kappa shape index (κ1) is 21.4. The normalized spacial score (nSPS) is 15.3. The summed E-state index contributed by atoms with van der Waals surface area (Å²) in [5, 5.41) is 11.7. The summed E-state index contributed by atoms with van der Waals surface area (Å²) in [5.41, 5.74) is 5.48. The molecule has 164 valence electrons. The number of rotatable bonds is 5. The molecule has 0 bridgehead atoms. The highest BCUT2D eigenvalue weighted by Crippen LogP contribution is 2.31. The van der Waals surface area contributed by atoms with E-state index in [1.165, 1.54) is 11.1 Å². The van der Waals surface area contributed by atoms with E-state index in [9.17, 15) is 5.11 Å². The number of aromatic hydroxyl groups is 1. The van der Waals surface area contributed by atoms with E-state index in [0.29, 0.717) is 18.9 Å². The Hall–Kier alpha value is -2.86. The third-order valence-electron chi connectivity index (χ3n) is 6.14. The highest BCUT2D eigenvalue weighted by atomic mass is 16.5. The Morgan fingerprint density at radius 3 is 2.61 bits per heavy atom. The Labute approximate surface area is 184 Å². The molecule has 0 saturated carbocycles. The van der Waals surface area contributed by atoms with Crippen molar-refractivity contribution in [2.75, 3.05) is 37.7 Å².